The maximum absolute atomic E-state index is 11.5. The van der Waals surface area contributed by atoms with E-state index in [0.29, 0.717) is 0 Å². The van der Waals surface area contributed by atoms with Crippen molar-refractivity contribution < 1.29 is 4.79 Å². The molecule has 1 aliphatic rings. The van der Waals surface area contributed by atoms with Crippen molar-refractivity contribution in [3.8, 4) is 0 Å². The first kappa shape index (κ1) is 14.1. The van der Waals surface area contributed by atoms with Gasteiger partial charge in [-0.1, -0.05) is 31.0 Å². The molecule has 1 fully saturated rings. The maximum atomic E-state index is 11.5. The van der Waals surface area contributed by atoms with Gasteiger partial charge in [0.2, 0.25) is 5.91 Å². The van der Waals surface area contributed by atoms with Crippen LogP contribution in [-0.4, -0.2) is 11.9 Å². The third-order valence-electron chi connectivity index (χ3n) is 4.32. The minimum atomic E-state index is -0.154. The Hall–Kier alpha value is -1.35. The Labute approximate surface area is 115 Å². The zero-order chi connectivity index (χ0) is 13.8. The zero-order valence-electron chi connectivity index (χ0n) is 11.9. The van der Waals surface area contributed by atoms with Crippen molar-refractivity contribution in [3.63, 3.8) is 0 Å². The van der Waals surface area contributed by atoms with Gasteiger partial charge in [0.25, 0.3) is 0 Å². The van der Waals surface area contributed by atoms with Crippen molar-refractivity contribution in [1.82, 2.24) is 5.32 Å². The monoisotopic (exact) mass is 260 g/mol. The molecule has 3 nitrogen and oxygen atoms in total. The highest BCUT2D eigenvalue weighted by atomic mass is 16.1. The van der Waals surface area contributed by atoms with E-state index < -0.39 is 0 Å². The van der Waals surface area contributed by atoms with Crippen molar-refractivity contribution in [2.24, 2.45) is 11.7 Å². The number of nitrogens with one attached hydrogen (secondary N) is 1. The van der Waals surface area contributed by atoms with E-state index in [-0.39, 0.29) is 17.9 Å². The summed E-state index contributed by atoms with van der Waals surface area (Å²) in [6.07, 6.45) is 4.29. The molecule has 0 aliphatic heterocycles. The Morgan fingerprint density at radius 3 is 2.53 bits per heavy atom. The number of rotatable bonds is 4. The molecule has 3 heteroatoms. The fourth-order valence-corrected chi connectivity index (χ4v) is 3.08. The molecule has 0 spiro atoms. The summed E-state index contributed by atoms with van der Waals surface area (Å²) < 4.78 is 0. The lowest BCUT2D eigenvalue weighted by molar-refractivity contribution is -0.123. The average Bonchev–Trinajstić information content (AvgIpc) is 2.38. The van der Waals surface area contributed by atoms with Crippen LogP contribution < -0.4 is 11.1 Å². The number of carbonyl (C=O) groups is 1. The molecule has 1 aromatic carbocycles. The first-order chi connectivity index (χ1) is 9.09. The molecule has 2 rings (SSSR count). The minimum absolute atomic E-state index is 0.00178. The summed E-state index contributed by atoms with van der Waals surface area (Å²) in [6.45, 7) is 5.10. The lowest BCUT2D eigenvalue weighted by atomic mass is 9.84. The second-order valence-corrected chi connectivity index (χ2v) is 5.65. The van der Waals surface area contributed by atoms with Crippen LogP contribution in [-0.2, 0) is 11.3 Å². The normalized spacial score (nSPS) is 23.3. The van der Waals surface area contributed by atoms with E-state index in [1.165, 1.54) is 23.1 Å². The van der Waals surface area contributed by atoms with Gasteiger partial charge in [-0.25, -0.2) is 0 Å². The molecule has 2 atom stereocenters. The van der Waals surface area contributed by atoms with Crippen LogP contribution in [0.15, 0.2) is 18.2 Å². The van der Waals surface area contributed by atoms with E-state index in [2.05, 4.69) is 37.4 Å². The van der Waals surface area contributed by atoms with Crippen LogP contribution in [0.25, 0.3) is 0 Å². The third-order valence-corrected chi connectivity index (χ3v) is 4.32. The number of hydrogen-bond acceptors (Lipinski definition) is 2. The Balaban J connectivity index is 2.02. The molecule has 3 N–H and O–H groups in total. The topological polar surface area (TPSA) is 55.1 Å². The van der Waals surface area contributed by atoms with Gasteiger partial charge in [-0.3, -0.25) is 4.79 Å². The fourth-order valence-electron chi connectivity index (χ4n) is 3.08. The van der Waals surface area contributed by atoms with Gasteiger partial charge in [0.15, 0.2) is 0 Å². The lowest BCUT2D eigenvalue weighted by Crippen LogP contribution is -2.44. The smallest absolute Gasteiger partial charge is 0.222 e. The number of aryl methyl sites for hydroxylation is 2. The van der Waals surface area contributed by atoms with Crippen molar-refractivity contribution in [2.45, 2.75) is 52.1 Å². The predicted molar refractivity (Wildman–Crippen MR) is 77.7 cm³/mol. The molecular formula is C16H24N2O. The number of benzene rings is 1. The van der Waals surface area contributed by atoms with Crippen LogP contribution in [0.2, 0.25) is 0 Å². The average molecular weight is 260 g/mol. The largest absolute Gasteiger partial charge is 0.369 e. The second kappa shape index (κ2) is 6.20. The van der Waals surface area contributed by atoms with Gasteiger partial charge in [0.1, 0.15) is 0 Å². The van der Waals surface area contributed by atoms with Crippen LogP contribution >= 0.6 is 0 Å². The van der Waals surface area contributed by atoms with Crippen molar-refractivity contribution >= 4 is 5.91 Å². The Morgan fingerprint density at radius 2 is 1.89 bits per heavy atom. The van der Waals surface area contributed by atoms with Crippen LogP contribution in [0, 0.1) is 19.8 Å². The highest BCUT2D eigenvalue weighted by molar-refractivity contribution is 5.77. The van der Waals surface area contributed by atoms with Crippen molar-refractivity contribution in [2.75, 3.05) is 0 Å². The number of nitrogens with two attached hydrogens (primary N) is 1. The van der Waals surface area contributed by atoms with E-state index in [4.69, 9.17) is 5.73 Å². The Kier molecular flexibility index (Phi) is 4.59. The van der Waals surface area contributed by atoms with Crippen molar-refractivity contribution in [3.05, 3.63) is 34.9 Å². The fraction of sp³-hybridized carbons (Fsp3) is 0.562. The quantitative estimate of drug-likeness (QED) is 0.873. The summed E-state index contributed by atoms with van der Waals surface area (Å²) in [7, 11) is 0. The molecule has 1 amide bonds. The van der Waals surface area contributed by atoms with Gasteiger partial charge in [0.05, 0.1) is 5.92 Å². The van der Waals surface area contributed by atoms with E-state index in [9.17, 15) is 4.79 Å². The molecule has 1 saturated carbocycles. The Bertz CT molecular complexity index is 436. The van der Waals surface area contributed by atoms with Crippen LogP contribution in [0.5, 0.6) is 0 Å². The standard InChI is InChI=1S/C16H24N2O/c1-11-6-5-7-12(2)14(11)10-18-15-9-4-3-8-13(15)16(17)19/h5-7,13,15,18H,3-4,8-10H2,1-2H3,(H2,17,19)/t13-,15-/m0/s1. The minimum Gasteiger partial charge on any atom is -0.369 e. The molecule has 0 unspecified atom stereocenters. The first-order valence-electron chi connectivity index (χ1n) is 7.17. The van der Waals surface area contributed by atoms with E-state index in [1.54, 1.807) is 0 Å². The van der Waals surface area contributed by atoms with Crippen LogP contribution in [0.4, 0.5) is 0 Å². The molecule has 1 aliphatic carbocycles. The zero-order valence-corrected chi connectivity index (χ0v) is 11.9. The molecule has 19 heavy (non-hydrogen) atoms. The van der Waals surface area contributed by atoms with Gasteiger partial charge in [-0.05, 0) is 43.4 Å². The number of carbonyl (C=O) groups excluding carboxylic acids is 1. The third kappa shape index (κ3) is 3.35. The highest BCUT2D eigenvalue weighted by Crippen LogP contribution is 2.25. The SMILES string of the molecule is Cc1cccc(C)c1CN[C@H]1CCCC[C@@H]1C(N)=O. The maximum Gasteiger partial charge on any atom is 0.222 e. The van der Waals surface area contributed by atoms with Gasteiger partial charge >= 0.3 is 0 Å². The molecule has 0 saturated heterocycles. The van der Waals surface area contributed by atoms with E-state index >= 15 is 0 Å². The lowest BCUT2D eigenvalue weighted by Gasteiger charge is -2.30. The van der Waals surface area contributed by atoms with Gasteiger partial charge in [-0.2, -0.15) is 0 Å². The molecule has 0 heterocycles. The highest BCUT2D eigenvalue weighted by Gasteiger charge is 2.28. The van der Waals surface area contributed by atoms with E-state index in [1.807, 2.05) is 0 Å². The Morgan fingerprint density at radius 1 is 1.26 bits per heavy atom. The van der Waals surface area contributed by atoms with Gasteiger partial charge < -0.3 is 11.1 Å². The molecule has 0 radical (unpaired) electrons. The predicted octanol–water partition coefficient (Wildman–Crippen LogP) is 2.44. The van der Waals surface area contributed by atoms with Crippen molar-refractivity contribution in [1.29, 1.82) is 0 Å². The van der Waals surface area contributed by atoms with Gasteiger partial charge in [0, 0.05) is 12.6 Å². The summed E-state index contributed by atoms with van der Waals surface area (Å²) in [5.41, 5.74) is 9.46. The molecule has 0 bridgehead atoms. The molecule has 104 valence electrons. The van der Waals surface area contributed by atoms with E-state index in [0.717, 1.165) is 25.8 Å². The molecule has 1 aromatic rings. The number of hydrogen-bond donors (Lipinski definition) is 2. The number of primary amides is 1. The summed E-state index contributed by atoms with van der Waals surface area (Å²) in [4.78, 5) is 11.5. The summed E-state index contributed by atoms with van der Waals surface area (Å²) in [5.74, 6) is -0.156. The van der Waals surface area contributed by atoms with Crippen LogP contribution in [0.1, 0.15) is 42.4 Å². The number of amides is 1. The summed E-state index contributed by atoms with van der Waals surface area (Å²) >= 11 is 0. The van der Waals surface area contributed by atoms with Gasteiger partial charge in [-0.15, -0.1) is 0 Å². The molecule has 0 aromatic heterocycles. The summed E-state index contributed by atoms with van der Waals surface area (Å²) in [6, 6.07) is 6.60. The molecular weight excluding hydrogens is 236 g/mol. The summed E-state index contributed by atoms with van der Waals surface area (Å²) in [5, 5.41) is 3.55. The second-order valence-electron chi connectivity index (χ2n) is 5.65. The first-order valence-corrected chi connectivity index (χ1v) is 7.17. The van der Waals surface area contributed by atoms with Crippen LogP contribution in [0.3, 0.4) is 0 Å².